The van der Waals surface area contributed by atoms with E-state index in [2.05, 4.69) is 46.6 Å². The molecular weight excluding hydrogens is 232 g/mol. The Balaban J connectivity index is 2.46. The zero-order valence-corrected chi connectivity index (χ0v) is 11.6. The van der Waals surface area contributed by atoms with Gasteiger partial charge in [0, 0.05) is 0 Å². The highest BCUT2D eigenvalue weighted by Crippen LogP contribution is 2.24. The van der Waals surface area contributed by atoms with Crippen LogP contribution in [0.15, 0.2) is 0 Å². The lowest BCUT2D eigenvalue weighted by molar-refractivity contribution is 0.550. The zero-order chi connectivity index (χ0) is 12.4. The molecule has 0 radical (unpaired) electrons. The van der Waals surface area contributed by atoms with Crippen molar-refractivity contribution in [3.05, 3.63) is 11.4 Å². The summed E-state index contributed by atoms with van der Waals surface area (Å²) in [6.07, 6.45) is 2.08. The molecule has 5 heteroatoms. The van der Waals surface area contributed by atoms with Crippen molar-refractivity contribution in [1.82, 2.24) is 18.9 Å². The normalized spacial score (nSPS) is 13.5. The average molecular weight is 250 g/mol. The Labute approximate surface area is 106 Å². The molecule has 1 unspecified atom stereocenters. The first kappa shape index (κ1) is 12.4. The van der Waals surface area contributed by atoms with Gasteiger partial charge in [0.1, 0.15) is 11.0 Å². The summed E-state index contributed by atoms with van der Waals surface area (Å²) in [5, 5.41) is 8.66. The quantitative estimate of drug-likeness (QED) is 0.836. The first-order chi connectivity index (χ1) is 8.13. The van der Waals surface area contributed by atoms with Crippen LogP contribution >= 0.6 is 11.7 Å². The van der Waals surface area contributed by atoms with Crippen LogP contribution in [0.2, 0.25) is 0 Å². The van der Waals surface area contributed by atoms with Gasteiger partial charge >= 0.3 is 0 Å². The van der Waals surface area contributed by atoms with E-state index in [0.717, 1.165) is 35.3 Å². The van der Waals surface area contributed by atoms with Gasteiger partial charge in [0.15, 0.2) is 0 Å². The van der Waals surface area contributed by atoms with Gasteiger partial charge in [-0.15, -0.1) is 0 Å². The fourth-order valence-electron chi connectivity index (χ4n) is 1.76. The number of fused-ring (bicyclic) bond motifs is 1. The van der Waals surface area contributed by atoms with Gasteiger partial charge in [-0.3, -0.25) is 0 Å². The molecule has 2 aromatic rings. The molecule has 0 N–H and O–H groups in total. The first-order valence-corrected chi connectivity index (χ1v) is 6.84. The van der Waals surface area contributed by atoms with E-state index in [1.165, 1.54) is 11.7 Å². The number of hydrogen-bond acceptors (Lipinski definition) is 5. The Morgan fingerprint density at radius 2 is 1.76 bits per heavy atom. The van der Waals surface area contributed by atoms with Crippen molar-refractivity contribution in [3.63, 3.8) is 0 Å². The van der Waals surface area contributed by atoms with Gasteiger partial charge in [-0.05, 0) is 18.3 Å². The molecule has 2 aromatic heterocycles. The van der Waals surface area contributed by atoms with Crippen molar-refractivity contribution < 1.29 is 0 Å². The Hall–Kier alpha value is -1.10. The van der Waals surface area contributed by atoms with E-state index in [4.69, 9.17) is 0 Å². The molecule has 2 heterocycles. The second kappa shape index (κ2) is 5.04. The van der Waals surface area contributed by atoms with E-state index < -0.39 is 0 Å². The summed E-state index contributed by atoms with van der Waals surface area (Å²) in [5.74, 6) is 0.950. The SMILES string of the molecule is CCC(C)Cc1nnc(C(C)C)c2nsnc12. The third-order valence-corrected chi connectivity index (χ3v) is 3.60. The standard InChI is InChI=1S/C12H18N4S/c1-5-8(4)6-9-11-12(16-17-15-11)10(7(2)3)14-13-9/h7-8H,5-6H2,1-4H3. The van der Waals surface area contributed by atoms with Gasteiger partial charge in [-0.2, -0.15) is 18.9 Å². The lowest BCUT2D eigenvalue weighted by Crippen LogP contribution is -2.06. The number of nitrogens with zero attached hydrogens (tertiary/aromatic N) is 4. The maximum atomic E-state index is 4.38. The summed E-state index contributed by atoms with van der Waals surface area (Å²) in [6, 6.07) is 0. The molecule has 0 saturated heterocycles. The minimum Gasteiger partial charge on any atom is -0.171 e. The summed E-state index contributed by atoms with van der Waals surface area (Å²) < 4.78 is 8.74. The molecule has 0 aliphatic rings. The van der Waals surface area contributed by atoms with Crippen LogP contribution in [0.5, 0.6) is 0 Å². The maximum absolute atomic E-state index is 4.38. The lowest BCUT2D eigenvalue weighted by atomic mass is 10.0. The van der Waals surface area contributed by atoms with Crippen LogP contribution in [-0.4, -0.2) is 18.9 Å². The smallest absolute Gasteiger partial charge is 0.130 e. The molecule has 0 aliphatic heterocycles. The lowest BCUT2D eigenvalue weighted by Gasteiger charge is -2.09. The molecule has 0 bridgehead atoms. The van der Waals surface area contributed by atoms with Gasteiger partial charge in [0.25, 0.3) is 0 Å². The summed E-state index contributed by atoms with van der Waals surface area (Å²) in [7, 11) is 0. The minimum atomic E-state index is 0.339. The van der Waals surface area contributed by atoms with Crippen molar-refractivity contribution in [2.45, 2.75) is 46.5 Å². The number of rotatable bonds is 4. The van der Waals surface area contributed by atoms with Crippen molar-refractivity contribution >= 4 is 22.8 Å². The Bertz CT molecular complexity index is 506. The van der Waals surface area contributed by atoms with E-state index >= 15 is 0 Å². The van der Waals surface area contributed by atoms with E-state index in [9.17, 15) is 0 Å². The molecule has 92 valence electrons. The summed E-state index contributed by atoms with van der Waals surface area (Å²) in [5.41, 5.74) is 3.85. The first-order valence-electron chi connectivity index (χ1n) is 6.11. The molecule has 0 amide bonds. The van der Waals surface area contributed by atoms with Crippen LogP contribution in [-0.2, 0) is 6.42 Å². The second-order valence-corrected chi connectivity index (χ2v) is 5.39. The van der Waals surface area contributed by atoms with Crippen molar-refractivity contribution in [2.24, 2.45) is 5.92 Å². The summed E-state index contributed by atoms with van der Waals surface area (Å²) in [6.45, 7) is 8.63. The molecule has 0 aromatic carbocycles. The molecular formula is C12H18N4S. The van der Waals surface area contributed by atoms with Crippen LogP contribution in [0.4, 0.5) is 0 Å². The average Bonchev–Trinajstić information content (AvgIpc) is 2.77. The van der Waals surface area contributed by atoms with Crippen LogP contribution in [0.1, 0.15) is 51.4 Å². The van der Waals surface area contributed by atoms with Gasteiger partial charge in [0.05, 0.1) is 23.1 Å². The van der Waals surface area contributed by atoms with Gasteiger partial charge in [-0.25, -0.2) is 0 Å². The van der Waals surface area contributed by atoms with Crippen LogP contribution < -0.4 is 0 Å². The van der Waals surface area contributed by atoms with E-state index in [-0.39, 0.29) is 0 Å². The molecule has 0 fully saturated rings. The third-order valence-electron chi connectivity index (χ3n) is 3.07. The molecule has 0 aliphatic carbocycles. The number of aromatic nitrogens is 4. The van der Waals surface area contributed by atoms with Gasteiger partial charge in [-0.1, -0.05) is 34.1 Å². The highest BCUT2D eigenvalue weighted by Gasteiger charge is 2.16. The van der Waals surface area contributed by atoms with Crippen LogP contribution in [0.3, 0.4) is 0 Å². The molecule has 0 saturated carbocycles. The van der Waals surface area contributed by atoms with E-state index in [1.807, 2.05) is 0 Å². The van der Waals surface area contributed by atoms with Crippen molar-refractivity contribution in [2.75, 3.05) is 0 Å². The molecule has 4 nitrogen and oxygen atoms in total. The highest BCUT2D eigenvalue weighted by molar-refractivity contribution is 7.00. The van der Waals surface area contributed by atoms with Crippen molar-refractivity contribution in [3.8, 4) is 0 Å². The van der Waals surface area contributed by atoms with Crippen LogP contribution in [0, 0.1) is 5.92 Å². The second-order valence-electron chi connectivity index (χ2n) is 4.87. The zero-order valence-electron chi connectivity index (χ0n) is 10.8. The van der Waals surface area contributed by atoms with Crippen LogP contribution in [0.25, 0.3) is 11.0 Å². The fourth-order valence-corrected chi connectivity index (χ4v) is 2.33. The largest absolute Gasteiger partial charge is 0.171 e. The van der Waals surface area contributed by atoms with Gasteiger partial charge in [0.2, 0.25) is 0 Å². The molecule has 17 heavy (non-hydrogen) atoms. The summed E-state index contributed by atoms with van der Waals surface area (Å²) >= 11 is 1.25. The Morgan fingerprint density at radius 1 is 1.06 bits per heavy atom. The monoisotopic (exact) mass is 250 g/mol. The number of hydrogen-bond donors (Lipinski definition) is 0. The summed E-state index contributed by atoms with van der Waals surface area (Å²) in [4.78, 5) is 0. The molecule has 1 atom stereocenters. The molecule has 0 spiro atoms. The third kappa shape index (κ3) is 2.44. The van der Waals surface area contributed by atoms with Gasteiger partial charge < -0.3 is 0 Å². The van der Waals surface area contributed by atoms with E-state index in [1.54, 1.807) is 0 Å². The van der Waals surface area contributed by atoms with Crippen molar-refractivity contribution in [1.29, 1.82) is 0 Å². The minimum absolute atomic E-state index is 0.339. The Morgan fingerprint density at radius 3 is 2.41 bits per heavy atom. The Kier molecular flexibility index (Phi) is 3.66. The highest BCUT2D eigenvalue weighted by atomic mass is 32.1. The fraction of sp³-hybridized carbons (Fsp3) is 0.667. The van der Waals surface area contributed by atoms with E-state index in [0.29, 0.717) is 11.8 Å². The predicted octanol–water partition coefficient (Wildman–Crippen LogP) is 3.19. The topological polar surface area (TPSA) is 51.6 Å². The maximum Gasteiger partial charge on any atom is 0.130 e. The predicted molar refractivity (Wildman–Crippen MR) is 70.3 cm³/mol. The molecule has 2 rings (SSSR count).